The highest BCUT2D eigenvalue weighted by Crippen LogP contribution is 2.16. The Hall–Kier alpha value is -2.67. The van der Waals surface area contributed by atoms with Gasteiger partial charge in [0.05, 0.1) is 5.69 Å². The highest BCUT2D eigenvalue weighted by atomic mass is 35.5. The molecule has 7 nitrogen and oxygen atoms in total. The zero-order chi connectivity index (χ0) is 16.4. The van der Waals surface area contributed by atoms with Crippen molar-refractivity contribution in [2.45, 2.75) is 13.5 Å². The molecule has 23 heavy (non-hydrogen) atoms. The van der Waals surface area contributed by atoms with E-state index in [1.807, 2.05) is 42.0 Å². The lowest BCUT2D eigenvalue weighted by molar-refractivity contribution is 0.0940. The van der Waals surface area contributed by atoms with Crippen LogP contribution >= 0.6 is 11.6 Å². The van der Waals surface area contributed by atoms with Crippen LogP contribution in [0.5, 0.6) is 0 Å². The summed E-state index contributed by atoms with van der Waals surface area (Å²) in [5.41, 5.74) is 1.93. The molecule has 1 aromatic carbocycles. The third kappa shape index (κ3) is 3.09. The maximum atomic E-state index is 12.1. The summed E-state index contributed by atoms with van der Waals surface area (Å²) in [6.45, 7) is 2.28. The third-order valence-electron chi connectivity index (χ3n) is 3.43. The highest BCUT2D eigenvalue weighted by Gasteiger charge is 2.14. The van der Waals surface area contributed by atoms with Crippen LogP contribution < -0.4 is 5.32 Å². The molecule has 2 heterocycles. The predicted molar refractivity (Wildman–Crippen MR) is 85.5 cm³/mol. The average Bonchev–Trinajstić information content (AvgIpc) is 3.11. The molecule has 1 N–H and O–H groups in total. The minimum atomic E-state index is -0.371. The number of benzene rings is 1. The first kappa shape index (κ1) is 15.2. The minimum Gasteiger partial charge on any atom is -0.345 e. The summed E-state index contributed by atoms with van der Waals surface area (Å²) in [7, 11) is 1.63. The van der Waals surface area contributed by atoms with Gasteiger partial charge >= 0.3 is 0 Å². The first-order valence-corrected chi connectivity index (χ1v) is 7.37. The lowest BCUT2D eigenvalue weighted by Gasteiger charge is -2.12. The molecule has 0 fully saturated rings. The predicted octanol–water partition coefficient (Wildman–Crippen LogP) is 1.89. The van der Waals surface area contributed by atoms with E-state index < -0.39 is 0 Å². The van der Waals surface area contributed by atoms with Crippen LogP contribution in [0.3, 0.4) is 0 Å². The second-order valence-electron chi connectivity index (χ2n) is 4.98. The van der Waals surface area contributed by atoms with Gasteiger partial charge in [-0.2, -0.15) is 4.98 Å². The molecule has 8 heteroatoms. The first-order valence-electron chi connectivity index (χ1n) is 6.99. The van der Waals surface area contributed by atoms with Crippen LogP contribution in [0.1, 0.15) is 22.0 Å². The molecule has 0 unspecified atom stereocenters. The summed E-state index contributed by atoms with van der Waals surface area (Å²) in [5.74, 6) is 0.556. The number of aromatic nitrogens is 5. The van der Waals surface area contributed by atoms with Gasteiger partial charge in [0.25, 0.3) is 5.91 Å². The van der Waals surface area contributed by atoms with Gasteiger partial charge in [-0.1, -0.05) is 18.2 Å². The minimum absolute atomic E-state index is 0.0498. The maximum Gasteiger partial charge on any atom is 0.291 e. The molecule has 118 valence electrons. The largest absolute Gasteiger partial charge is 0.345 e. The van der Waals surface area contributed by atoms with E-state index in [9.17, 15) is 4.79 Å². The van der Waals surface area contributed by atoms with Crippen LogP contribution in [-0.4, -0.2) is 30.2 Å². The fourth-order valence-corrected chi connectivity index (χ4v) is 2.36. The Bertz CT molecular complexity index is 834. The van der Waals surface area contributed by atoms with Gasteiger partial charge in [0.1, 0.15) is 5.82 Å². The Morgan fingerprint density at radius 2 is 2.13 bits per heavy atom. The molecule has 3 rings (SSSR count). The van der Waals surface area contributed by atoms with Gasteiger partial charge < -0.3 is 9.88 Å². The second-order valence-corrected chi connectivity index (χ2v) is 5.32. The number of carbonyl (C=O) groups excluding carboxylic acids is 1. The number of nitrogens with one attached hydrogen (secondary N) is 1. The summed E-state index contributed by atoms with van der Waals surface area (Å²) >= 11 is 5.80. The Morgan fingerprint density at radius 1 is 1.35 bits per heavy atom. The summed E-state index contributed by atoms with van der Waals surface area (Å²) in [5, 5.41) is 6.93. The maximum absolute atomic E-state index is 12.1. The first-order chi connectivity index (χ1) is 11.1. The number of hydrogen-bond donors (Lipinski definition) is 1. The van der Waals surface area contributed by atoms with Crippen molar-refractivity contribution in [3.63, 3.8) is 0 Å². The van der Waals surface area contributed by atoms with Crippen LogP contribution in [0.4, 0.5) is 0 Å². The SMILES string of the molecule is Cc1nccn1-c1ccccc1CNC(=O)c1nc(Cl)n(C)n1. The fraction of sp³-hybridized carbons (Fsp3) is 0.200. The van der Waals surface area contributed by atoms with E-state index in [2.05, 4.69) is 20.4 Å². The van der Waals surface area contributed by atoms with Crippen molar-refractivity contribution in [3.8, 4) is 5.69 Å². The smallest absolute Gasteiger partial charge is 0.291 e. The van der Waals surface area contributed by atoms with E-state index in [0.29, 0.717) is 6.54 Å². The number of aryl methyl sites for hydroxylation is 2. The number of amides is 1. The van der Waals surface area contributed by atoms with E-state index in [1.54, 1.807) is 13.2 Å². The molecule has 3 aromatic rings. The summed E-state index contributed by atoms with van der Waals surface area (Å²) < 4.78 is 3.32. The zero-order valence-corrected chi connectivity index (χ0v) is 13.4. The fourth-order valence-electron chi connectivity index (χ4n) is 2.24. The van der Waals surface area contributed by atoms with E-state index in [1.165, 1.54) is 4.68 Å². The van der Waals surface area contributed by atoms with E-state index in [4.69, 9.17) is 11.6 Å². The molecule has 0 radical (unpaired) electrons. The monoisotopic (exact) mass is 330 g/mol. The Kier molecular flexibility index (Phi) is 4.12. The van der Waals surface area contributed by atoms with Crippen LogP contribution in [0.15, 0.2) is 36.7 Å². The molecule has 0 spiro atoms. The van der Waals surface area contributed by atoms with Crippen LogP contribution in [-0.2, 0) is 13.6 Å². The van der Waals surface area contributed by atoms with Crippen LogP contribution in [0.2, 0.25) is 5.28 Å². The number of halogens is 1. The quantitative estimate of drug-likeness (QED) is 0.792. The van der Waals surface area contributed by atoms with Gasteiger partial charge in [-0.3, -0.25) is 4.79 Å². The second kappa shape index (κ2) is 6.21. The van der Waals surface area contributed by atoms with Gasteiger partial charge in [0, 0.05) is 26.0 Å². The molecule has 0 bridgehead atoms. The van der Waals surface area contributed by atoms with Gasteiger partial charge in [-0.15, -0.1) is 5.10 Å². The van der Waals surface area contributed by atoms with Gasteiger partial charge in [0.2, 0.25) is 11.1 Å². The number of hydrogen-bond acceptors (Lipinski definition) is 4. The van der Waals surface area contributed by atoms with Crippen molar-refractivity contribution in [1.82, 2.24) is 29.6 Å². The third-order valence-corrected chi connectivity index (χ3v) is 3.76. The number of nitrogens with zero attached hydrogens (tertiary/aromatic N) is 5. The number of para-hydroxylation sites is 1. The molecular weight excluding hydrogens is 316 g/mol. The molecule has 0 saturated carbocycles. The van der Waals surface area contributed by atoms with E-state index in [0.717, 1.165) is 17.1 Å². The number of carbonyl (C=O) groups is 1. The average molecular weight is 331 g/mol. The standard InChI is InChI=1S/C15H15ClN6O/c1-10-17-7-8-22(10)12-6-4-3-5-11(12)9-18-14(23)13-19-15(16)21(2)20-13/h3-8H,9H2,1-2H3,(H,18,23). The van der Waals surface area contributed by atoms with Crippen molar-refractivity contribution in [2.75, 3.05) is 0 Å². The highest BCUT2D eigenvalue weighted by molar-refractivity contribution is 6.28. The van der Waals surface area contributed by atoms with Gasteiger partial charge in [0.15, 0.2) is 0 Å². The molecule has 2 aromatic heterocycles. The van der Waals surface area contributed by atoms with Crippen LogP contribution in [0, 0.1) is 6.92 Å². The lowest BCUT2D eigenvalue weighted by Crippen LogP contribution is -2.25. The van der Waals surface area contributed by atoms with Crippen molar-refractivity contribution in [3.05, 3.63) is 59.2 Å². The molecule has 0 aliphatic rings. The van der Waals surface area contributed by atoms with Crippen molar-refractivity contribution < 1.29 is 4.79 Å². The lowest BCUT2D eigenvalue weighted by atomic mass is 10.1. The molecular formula is C15H15ClN6O. The molecule has 0 aliphatic heterocycles. The van der Waals surface area contributed by atoms with E-state index in [-0.39, 0.29) is 17.0 Å². The van der Waals surface area contributed by atoms with E-state index >= 15 is 0 Å². The normalized spacial score (nSPS) is 10.7. The summed E-state index contributed by atoms with van der Waals surface area (Å²) in [4.78, 5) is 20.2. The molecule has 0 atom stereocenters. The molecule has 0 aliphatic carbocycles. The van der Waals surface area contributed by atoms with Crippen molar-refractivity contribution in [1.29, 1.82) is 0 Å². The topological polar surface area (TPSA) is 77.6 Å². The zero-order valence-electron chi connectivity index (χ0n) is 12.7. The number of imidazole rings is 1. The Morgan fingerprint density at radius 3 is 2.78 bits per heavy atom. The Labute approximate surface area is 137 Å². The van der Waals surface area contributed by atoms with Gasteiger partial charge in [-0.05, 0) is 30.2 Å². The van der Waals surface area contributed by atoms with Gasteiger partial charge in [-0.25, -0.2) is 9.67 Å². The summed E-state index contributed by atoms with van der Waals surface area (Å²) in [6, 6.07) is 7.80. The molecule has 1 amide bonds. The Balaban J connectivity index is 1.79. The van der Waals surface area contributed by atoms with Crippen LogP contribution in [0.25, 0.3) is 5.69 Å². The van der Waals surface area contributed by atoms with Crippen molar-refractivity contribution in [2.24, 2.45) is 7.05 Å². The molecule has 0 saturated heterocycles. The number of rotatable bonds is 4. The van der Waals surface area contributed by atoms with Crippen molar-refractivity contribution >= 4 is 17.5 Å². The summed E-state index contributed by atoms with van der Waals surface area (Å²) in [6.07, 6.45) is 3.63.